The quantitative estimate of drug-likeness (QED) is 0.437. The first-order valence-electron chi connectivity index (χ1n) is 2.99. The molecule has 3 nitrogen and oxygen atoms in total. The Bertz CT molecular complexity index is 116. The molecule has 0 fully saturated rings. The van der Waals surface area contributed by atoms with Crippen molar-refractivity contribution in [3.8, 4) is 0 Å². The number of carbonyl (C=O) groups is 1. The van der Waals surface area contributed by atoms with Gasteiger partial charge >= 0.3 is 6.03 Å². The normalized spacial score (nSPS) is 8.50. The molecule has 0 heterocycles. The fraction of sp³-hybridized carbons (Fsp3) is 0.500. The van der Waals surface area contributed by atoms with Crippen LogP contribution in [-0.2, 0) is 0 Å². The molecule has 0 aromatic carbocycles. The third kappa shape index (κ3) is 5.87. The summed E-state index contributed by atoms with van der Waals surface area (Å²) in [6.07, 6.45) is 1.64. The van der Waals surface area contributed by atoms with E-state index in [2.05, 4.69) is 39.8 Å². The number of carbonyl (C=O) groups excluding carboxylic acids is 1. The van der Waals surface area contributed by atoms with Gasteiger partial charge in [-0.3, -0.25) is 0 Å². The van der Waals surface area contributed by atoms with Gasteiger partial charge in [0.25, 0.3) is 0 Å². The van der Waals surface area contributed by atoms with Gasteiger partial charge in [0.2, 0.25) is 0 Å². The Labute approximate surface area is 74.4 Å². The maximum Gasteiger partial charge on any atom is 0.315 e. The second-order valence-corrected chi connectivity index (χ2v) is 2.69. The predicted octanol–water partition coefficient (Wildman–Crippen LogP) is 0.907. The lowest BCUT2D eigenvalue weighted by Crippen LogP contribution is -2.36. The molecule has 0 spiro atoms. The maximum atomic E-state index is 10.7. The van der Waals surface area contributed by atoms with E-state index in [0.717, 1.165) is 4.43 Å². The first-order chi connectivity index (χ1) is 4.81. The van der Waals surface area contributed by atoms with Gasteiger partial charge in [0, 0.05) is 17.5 Å². The fourth-order valence-electron chi connectivity index (χ4n) is 0.388. The minimum absolute atomic E-state index is 0.128. The molecule has 0 saturated carbocycles. The summed E-state index contributed by atoms with van der Waals surface area (Å²) in [5.41, 5.74) is 0. The van der Waals surface area contributed by atoms with Gasteiger partial charge in [0.1, 0.15) is 0 Å². The van der Waals surface area contributed by atoms with Crippen LogP contribution in [0.25, 0.3) is 0 Å². The van der Waals surface area contributed by atoms with E-state index in [1.807, 2.05) is 0 Å². The number of rotatable bonds is 4. The molecule has 0 unspecified atom stereocenters. The molecule has 0 saturated heterocycles. The standard InChI is InChI=1S/C6H11IN2O/c1-2-4-8-6(10)9-5-3-7/h2H,1,3-5H2,(H2,8,9,10). The van der Waals surface area contributed by atoms with Gasteiger partial charge in [-0.15, -0.1) is 6.58 Å². The van der Waals surface area contributed by atoms with Crippen molar-refractivity contribution in [2.24, 2.45) is 0 Å². The van der Waals surface area contributed by atoms with E-state index in [9.17, 15) is 4.79 Å². The Morgan fingerprint density at radius 2 is 2.30 bits per heavy atom. The lowest BCUT2D eigenvalue weighted by Gasteiger charge is -2.02. The summed E-state index contributed by atoms with van der Waals surface area (Å²) in [7, 11) is 0. The molecule has 0 atom stereocenters. The highest BCUT2D eigenvalue weighted by atomic mass is 127. The Morgan fingerprint density at radius 1 is 1.60 bits per heavy atom. The second kappa shape index (κ2) is 6.85. The molecule has 0 aromatic rings. The van der Waals surface area contributed by atoms with Crippen molar-refractivity contribution >= 4 is 28.6 Å². The predicted molar refractivity (Wildman–Crippen MR) is 50.5 cm³/mol. The van der Waals surface area contributed by atoms with E-state index in [-0.39, 0.29) is 6.03 Å². The third-order valence-corrected chi connectivity index (χ3v) is 1.33. The topological polar surface area (TPSA) is 41.1 Å². The first kappa shape index (κ1) is 9.74. The highest BCUT2D eigenvalue weighted by Gasteiger charge is 1.93. The first-order valence-corrected chi connectivity index (χ1v) is 4.52. The van der Waals surface area contributed by atoms with Gasteiger partial charge in [-0.05, 0) is 0 Å². The molecule has 0 aliphatic rings. The van der Waals surface area contributed by atoms with Gasteiger partial charge < -0.3 is 10.6 Å². The number of alkyl halides is 1. The third-order valence-electron chi connectivity index (χ3n) is 0.787. The van der Waals surface area contributed by atoms with Crippen molar-refractivity contribution in [2.45, 2.75) is 0 Å². The molecule has 0 radical (unpaired) electrons. The van der Waals surface area contributed by atoms with Crippen molar-refractivity contribution in [3.05, 3.63) is 12.7 Å². The minimum atomic E-state index is -0.128. The average Bonchev–Trinajstić information content (AvgIpc) is 1.97. The van der Waals surface area contributed by atoms with Crippen LogP contribution in [0.2, 0.25) is 0 Å². The number of hydrogen-bond acceptors (Lipinski definition) is 1. The van der Waals surface area contributed by atoms with Crippen LogP contribution in [0.15, 0.2) is 12.7 Å². The van der Waals surface area contributed by atoms with Crippen LogP contribution in [0, 0.1) is 0 Å². The summed E-state index contributed by atoms with van der Waals surface area (Å²) in [5.74, 6) is 0. The van der Waals surface area contributed by atoms with E-state index in [1.54, 1.807) is 6.08 Å². The molecule has 0 bridgehead atoms. The van der Waals surface area contributed by atoms with Crippen LogP contribution in [0.3, 0.4) is 0 Å². The smallest absolute Gasteiger partial charge is 0.315 e. The zero-order chi connectivity index (χ0) is 7.82. The number of nitrogens with one attached hydrogen (secondary N) is 2. The molecule has 0 aliphatic carbocycles. The minimum Gasteiger partial charge on any atom is -0.337 e. The summed E-state index contributed by atoms with van der Waals surface area (Å²) in [4.78, 5) is 10.7. The fourth-order valence-corrected chi connectivity index (χ4v) is 0.658. The molecule has 0 aliphatic heterocycles. The molecule has 2 N–H and O–H groups in total. The summed E-state index contributed by atoms with van der Waals surface area (Å²) < 4.78 is 0.930. The van der Waals surface area contributed by atoms with Gasteiger partial charge in [0.05, 0.1) is 0 Å². The Hall–Kier alpha value is -0.260. The molecule has 0 aromatic heterocycles. The van der Waals surface area contributed by atoms with Crippen molar-refractivity contribution in [1.82, 2.24) is 10.6 Å². The zero-order valence-corrected chi connectivity index (χ0v) is 7.85. The Balaban J connectivity index is 3.16. The molecule has 4 heteroatoms. The Morgan fingerprint density at radius 3 is 2.80 bits per heavy atom. The van der Waals surface area contributed by atoms with Gasteiger partial charge in [-0.2, -0.15) is 0 Å². The number of hydrogen-bond donors (Lipinski definition) is 2. The number of amides is 2. The lowest BCUT2D eigenvalue weighted by molar-refractivity contribution is 0.242. The van der Waals surface area contributed by atoms with E-state index < -0.39 is 0 Å². The Kier molecular flexibility index (Phi) is 6.68. The van der Waals surface area contributed by atoms with Crippen LogP contribution in [0.1, 0.15) is 0 Å². The molecular weight excluding hydrogens is 243 g/mol. The van der Waals surface area contributed by atoms with E-state index >= 15 is 0 Å². The molecule has 0 rings (SSSR count). The van der Waals surface area contributed by atoms with Crippen LogP contribution in [0.5, 0.6) is 0 Å². The van der Waals surface area contributed by atoms with Crippen LogP contribution in [0.4, 0.5) is 4.79 Å². The molecular formula is C6H11IN2O. The number of halogens is 1. The summed E-state index contributed by atoms with van der Waals surface area (Å²) >= 11 is 2.20. The maximum absolute atomic E-state index is 10.7. The summed E-state index contributed by atoms with van der Waals surface area (Å²) in [6, 6.07) is -0.128. The average molecular weight is 254 g/mol. The summed E-state index contributed by atoms with van der Waals surface area (Å²) in [6.45, 7) is 4.70. The van der Waals surface area contributed by atoms with Crippen LogP contribution < -0.4 is 10.6 Å². The summed E-state index contributed by atoms with van der Waals surface area (Å²) in [5, 5.41) is 5.26. The van der Waals surface area contributed by atoms with Crippen LogP contribution in [-0.4, -0.2) is 23.5 Å². The highest BCUT2D eigenvalue weighted by molar-refractivity contribution is 14.1. The van der Waals surface area contributed by atoms with Crippen molar-refractivity contribution < 1.29 is 4.79 Å². The van der Waals surface area contributed by atoms with E-state index in [1.165, 1.54) is 0 Å². The van der Waals surface area contributed by atoms with Crippen molar-refractivity contribution in [2.75, 3.05) is 17.5 Å². The second-order valence-electron chi connectivity index (χ2n) is 1.61. The lowest BCUT2D eigenvalue weighted by atomic mass is 10.6. The SMILES string of the molecule is C=CCNC(=O)NCCI. The largest absolute Gasteiger partial charge is 0.337 e. The van der Waals surface area contributed by atoms with Crippen molar-refractivity contribution in [3.63, 3.8) is 0 Å². The van der Waals surface area contributed by atoms with Gasteiger partial charge in [-0.1, -0.05) is 28.7 Å². The van der Waals surface area contributed by atoms with E-state index in [0.29, 0.717) is 13.1 Å². The molecule has 2 amide bonds. The van der Waals surface area contributed by atoms with Crippen molar-refractivity contribution in [1.29, 1.82) is 0 Å². The monoisotopic (exact) mass is 254 g/mol. The zero-order valence-electron chi connectivity index (χ0n) is 5.69. The van der Waals surface area contributed by atoms with Gasteiger partial charge in [-0.25, -0.2) is 4.79 Å². The van der Waals surface area contributed by atoms with Gasteiger partial charge in [0.15, 0.2) is 0 Å². The van der Waals surface area contributed by atoms with Crippen LogP contribution >= 0.6 is 22.6 Å². The van der Waals surface area contributed by atoms with E-state index in [4.69, 9.17) is 0 Å². The highest BCUT2D eigenvalue weighted by Crippen LogP contribution is 1.75. The molecule has 58 valence electrons. The molecule has 10 heavy (non-hydrogen) atoms. The number of urea groups is 1.